The molecule has 0 aliphatic rings. The van der Waals surface area contributed by atoms with Crippen molar-refractivity contribution in [2.24, 2.45) is 5.10 Å². The Morgan fingerprint density at radius 2 is 1.75 bits per heavy atom. The first-order valence-corrected chi connectivity index (χ1v) is 10.9. The van der Waals surface area contributed by atoms with Gasteiger partial charge >= 0.3 is 0 Å². The zero-order valence-electron chi connectivity index (χ0n) is 17.5. The summed E-state index contributed by atoms with van der Waals surface area (Å²) in [7, 11) is -1.20. The number of sulfonamides is 1. The number of anilines is 1. The first-order valence-electron chi connectivity index (χ1n) is 9.48. The Morgan fingerprint density at radius 3 is 2.41 bits per heavy atom. The molecule has 0 spiro atoms. The van der Waals surface area contributed by atoms with E-state index < -0.39 is 22.5 Å². The average Bonchev–Trinajstić information content (AvgIpc) is 2.83. The highest BCUT2D eigenvalue weighted by atomic mass is 32.2. The van der Waals surface area contributed by atoms with Gasteiger partial charge in [0.15, 0.2) is 0 Å². The van der Waals surface area contributed by atoms with Crippen LogP contribution in [0.4, 0.5) is 5.69 Å². The highest BCUT2D eigenvalue weighted by Crippen LogP contribution is 2.32. The van der Waals surface area contributed by atoms with Crippen LogP contribution >= 0.6 is 0 Å². The van der Waals surface area contributed by atoms with E-state index in [1.807, 2.05) is 0 Å². The van der Waals surface area contributed by atoms with Crippen molar-refractivity contribution < 1.29 is 22.7 Å². The maximum atomic E-state index is 13.4. The van der Waals surface area contributed by atoms with Crippen LogP contribution < -0.4 is 19.2 Å². The van der Waals surface area contributed by atoms with E-state index in [1.54, 1.807) is 48.7 Å². The van der Waals surface area contributed by atoms with Crippen molar-refractivity contribution in [2.75, 3.05) is 25.1 Å². The normalized spacial score (nSPS) is 11.2. The van der Waals surface area contributed by atoms with Crippen molar-refractivity contribution in [1.29, 1.82) is 0 Å². The summed E-state index contributed by atoms with van der Waals surface area (Å²) in [5.41, 5.74) is 3.09. The smallest absolute Gasteiger partial charge is 0.264 e. The van der Waals surface area contributed by atoms with Gasteiger partial charge in [-0.1, -0.05) is 18.2 Å². The van der Waals surface area contributed by atoms with Crippen molar-refractivity contribution in [3.05, 3.63) is 78.6 Å². The Kier molecular flexibility index (Phi) is 7.40. The van der Waals surface area contributed by atoms with Gasteiger partial charge in [0.05, 0.1) is 36.7 Å². The van der Waals surface area contributed by atoms with Crippen LogP contribution in [0.1, 0.15) is 5.69 Å². The molecule has 1 amide bonds. The molecule has 3 aromatic rings. The highest BCUT2D eigenvalue weighted by Gasteiger charge is 2.29. The van der Waals surface area contributed by atoms with Crippen LogP contribution in [-0.2, 0) is 14.8 Å². The van der Waals surface area contributed by atoms with E-state index in [2.05, 4.69) is 15.5 Å². The summed E-state index contributed by atoms with van der Waals surface area (Å²) in [6.45, 7) is -0.520. The molecule has 0 bridgehead atoms. The molecular formula is C22H22N4O5S. The largest absolute Gasteiger partial charge is 0.497 e. The van der Waals surface area contributed by atoms with Gasteiger partial charge in [0, 0.05) is 6.20 Å². The molecule has 32 heavy (non-hydrogen) atoms. The van der Waals surface area contributed by atoms with E-state index in [4.69, 9.17) is 9.47 Å². The zero-order chi connectivity index (χ0) is 23.0. The molecule has 1 aromatic heterocycles. The maximum Gasteiger partial charge on any atom is 0.264 e. The van der Waals surface area contributed by atoms with E-state index in [-0.39, 0.29) is 10.6 Å². The van der Waals surface area contributed by atoms with Gasteiger partial charge in [-0.15, -0.1) is 0 Å². The fourth-order valence-electron chi connectivity index (χ4n) is 2.80. The molecule has 0 radical (unpaired) electrons. The number of hydrogen-bond donors (Lipinski definition) is 1. The number of methoxy groups -OCH3 is 2. The van der Waals surface area contributed by atoms with Crippen LogP contribution in [0.2, 0.25) is 0 Å². The number of hydrogen-bond acceptors (Lipinski definition) is 7. The number of amides is 1. The van der Waals surface area contributed by atoms with Crippen molar-refractivity contribution in [1.82, 2.24) is 10.4 Å². The summed E-state index contributed by atoms with van der Waals surface area (Å²) in [6.07, 6.45) is 2.96. The lowest BCUT2D eigenvalue weighted by molar-refractivity contribution is -0.119. The lowest BCUT2D eigenvalue weighted by Gasteiger charge is -2.25. The number of aromatic nitrogens is 1. The summed E-state index contributed by atoms with van der Waals surface area (Å²) < 4.78 is 38.3. The molecular weight excluding hydrogens is 432 g/mol. The number of pyridine rings is 1. The second kappa shape index (κ2) is 10.4. The molecule has 10 heteroatoms. The number of ether oxygens (including phenoxy) is 2. The lowest BCUT2D eigenvalue weighted by atomic mass is 10.3. The molecule has 0 aliphatic heterocycles. The summed E-state index contributed by atoms with van der Waals surface area (Å²) in [5.74, 6) is 0.170. The first-order chi connectivity index (χ1) is 15.5. The van der Waals surface area contributed by atoms with Crippen LogP contribution in [0.25, 0.3) is 0 Å². The van der Waals surface area contributed by atoms with Gasteiger partial charge in [-0.2, -0.15) is 5.10 Å². The van der Waals surface area contributed by atoms with Gasteiger partial charge in [0.1, 0.15) is 18.0 Å². The molecule has 0 aliphatic carbocycles. The number of nitrogens with one attached hydrogen (secondary N) is 1. The third-order valence-electron chi connectivity index (χ3n) is 4.36. The molecule has 166 valence electrons. The second-order valence-corrected chi connectivity index (χ2v) is 8.27. The third-order valence-corrected chi connectivity index (χ3v) is 6.14. The van der Waals surface area contributed by atoms with Gasteiger partial charge in [-0.3, -0.25) is 14.1 Å². The Labute approximate surface area is 186 Å². The Hall–Kier alpha value is -3.92. The van der Waals surface area contributed by atoms with E-state index >= 15 is 0 Å². The van der Waals surface area contributed by atoms with Crippen LogP contribution in [0.3, 0.4) is 0 Å². The topological polar surface area (TPSA) is 110 Å². The number of para-hydroxylation sites is 2. The molecule has 1 heterocycles. The molecule has 0 saturated carbocycles. The number of nitrogens with zero attached hydrogens (tertiary/aromatic N) is 3. The van der Waals surface area contributed by atoms with E-state index in [0.29, 0.717) is 17.2 Å². The van der Waals surface area contributed by atoms with E-state index in [1.165, 1.54) is 44.7 Å². The summed E-state index contributed by atoms with van der Waals surface area (Å²) >= 11 is 0. The van der Waals surface area contributed by atoms with Gasteiger partial charge in [-0.25, -0.2) is 13.8 Å². The van der Waals surface area contributed by atoms with Crippen molar-refractivity contribution >= 4 is 27.8 Å². The standard InChI is InChI=1S/C22H22N4O5S/c1-30-18-10-12-19(13-11-18)32(28,29)26(20-8-3-4-9-21(20)31-2)16-22(27)25-24-15-17-7-5-6-14-23-17/h3-15H,16H2,1-2H3,(H,25,27)/b24-15-. The van der Waals surface area contributed by atoms with Crippen LogP contribution in [0, 0.1) is 0 Å². The Morgan fingerprint density at radius 1 is 1.03 bits per heavy atom. The van der Waals surface area contributed by atoms with Crippen LogP contribution in [0.15, 0.2) is 82.9 Å². The predicted molar refractivity (Wildman–Crippen MR) is 120 cm³/mol. The van der Waals surface area contributed by atoms with Gasteiger partial charge in [0.2, 0.25) is 0 Å². The summed E-state index contributed by atoms with van der Waals surface area (Å²) in [4.78, 5) is 16.6. The van der Waals surface area contributed by atoms with Crippen molar-refractivity contribution in [3.63, 3.8) is 0 Å². The molecule has 0 unspecified atom stereocenters. The van der Waals surface area contributed by atoms with Crippen LogP contribution in [0.5, 0.6) is 11.5 Å². The molecule has 2 aromatic carbocycles. The molecule has 0 atom stereocenters. The minimum atomic E-state index is -4.11. The second-order valence-electron chi connectivity index (χ2n) is 6.41. The highest BCUT2D eigenvalue weighted by molar-refractivity contribution is 7.92. The van der Waals surface area contributed by atoms with Gasteiger partial charge in [-0.05, 0) is 48.5 Å². The zero-order valence-corrected chi connectivity index (χ0v) is 18.3. The quantitative estimate of drug-likeness (QED) is 0.393. The van der Waals surface area contributed by atoms with Crippen molar-refractivity contribution in [2.45, 2.75) is 4.90 Å². The molecule has 0 fully saturated rings. The minimum Gasteiger partial charge on any atom is -0.497 e. The lowest BCUT2D eigenvalue weighted by Crippen LogP contribution is -2.39. The number of hydrazone groups is 1. The number of carbonyl (C=O) groups excluding carboxylic acids is 1. The van der Waals surface area contributed by atoms with Gasteiger partial charge < -0.3 is 9.47 Å². The van der Waals surface area contributed by atoms with Crippen molar-refractivity contribution in [3.8, 4) is 11.5 Å². The van der Waals surface area contributed by atoms with E-state index in [9.17, 15) is 13.2 Å². The number of benzene rings is 2. The third kappa shape index (κ3) is 5.41. The SMILES string of the molecule is COc1ccc(S(=O)(=O)N(CC(=O)N/N=C\c2ccccn2)c2ccccc2OC)cc1. The van der Waals surface area contributed by atoms with Crippen LogP contribution in [-0.4, -0.2) is 46.3 Å². The number of carbonyl (C=O) groups is 1. The number of rotatable bonds is 9. The minimum absolute atomic E-state index is 0.00556. The summed E-state index contributed by atoms with van der Waals surface area (Å²) in [5, 5.41) is 3.85. The summed E-state index contributed by atoms with van der Waals surface area (Å²) in [6, 6.07) is 17.7. The maximum absolute atomic E-state index is 13.4. The Bertz CT molecular complexity index is 1180. The molecule has 1 N–H and O–H groups in total. The molecule has 9 nitrogen and oxygen atoms in total. The fraction of sp³-hybridized carbons (Fsp3) is 0.136. The first kappa shape index (κ1) is 22.8. The average molecular weight is 455 g/mol. The molecule has 0 saturated heterocycles. The predicted octanol–water partition coefficient (Wildman–Crippen LogP) is 2.44. The monoisotopic (exact) mass is 454 g/mol. The fourth-order valence-corrected chi connectivity index (χ4v) is 4.23. The van der Waals surface area contributed by atoms with Gasteiger partial charge in [0.25, 0.3) is 15.9 Å². The van der Waals surface area contributed by atoms with E-state index in [0.717, 1.165) is 4.31 Å². The Balaban J connectivity index is 1.90. The molecule has 3 rings (SSSR count).